The van der Waals surface area contributed by atoms with Gasteiger partial charge in [-0.15, -0.1) is 0 Å². The molecule has 2 rings (SSSR count). The smallest absolute Gasteiger partial charge is 0.258 e. The fourth-order valence-corrected chi connectivity index (χ4v) is 1.81. The van der Waals surface area contributed by atoms with Crippen molar-refractivity contribution in [3.63, 3.8) is 0 Å². The van der Waals surface area contributed by atoms with E-state index in [1.54, 1.807) is 24.3 Å². The molecule has 1 aromatic carbocycles. The first-order valence-electron chi connectivity index (χ1n) is 6.31. The number of hydrogen-bond donors (Lipinski definition) is 1. The summed E-state index contributed by atoms with van der Waals surface area (Å²) in [6, 6.07) is 8.28. The molecular weight excluding hydrogens is 294 g/mol. The van der Waals surface area contributed by atoms with Crippen LogP contribution in [-0.4, -0.2) is 28.6 Å². The summed E-state index contributed by atoms with van der Waals surface area (Å²) in [4.78, 5) is 26.9. The summed E-state index contributed by atoms with van der Waals surface area (Å²) >= 11 is 5.91. The molecule has 0 saturated heterocycles. The third kappa shape index (κ3) is 4.61. The standard InChI is InChI=1S/C14H14ClN3O3/c15-11-3-1-2-4-12(11)21-9-13(19)17-7-8-18-10-16-6-5-14(18)20/h1-6,10H,7-9H2,(H,17,19). The van der Waals surface area contributed by atoms with E-state index < -0.39 is 0 Å². The molecule has 1 aromatic heterocycles. The van der Waals surface area contributed by atoms with Crippen molar-refractivity contribution in [2.75, 3.05) is 13.2 Å². The molecule has 21 heavy (non-hydrogen) atoms. The predicted molar refractivity (Wildman–Crippen MR) is 78.5 cm³/mol. The number of aromatic nitrogens is 2. The van der Waals surface area contributed by atoms with Crippen LogP contribution in [0.5, 0.6) is 5.75 Å². The van der Waals surface area contributed by atoms with Crippen molar-refractivity contribution in [2.45, 2.75) is 6.54 Å². The van der Waals surface area contributed by atoms with Gasteiger partial charge in [-0.1, -0.05) is 23.7 Å². The number of benzene rings is 1. The van der Waals surface area contributed by atoms with Gasteiger partial charge in [-0.25, -0.2) is 4.98 Å². The molecule has 0 bridgehead atoms. The van der Waals surface area contributed by atoms with E-state index in [0.29, 0.717) is 23.9 Å². The number of carbonyl (C=O) groups excluding carboxylic acids is 1. The molecule has 0 atom stereocenters. The average Bonchev–Trinajstić information content (AvgIpc) is 2.48. The molecule has 7 heteroatoms. The number of carbonyl (C=O) groups is 1. The van der Waals surface area contributed by atoms with E-state index in [4.69, 9.17) is 16.3 Å². The maximum atomic E-state index is 11.6. The van der Waals surface area contributed by atoms with Crippen molar-refractivity contribution in [3.8, 4) is 5.75 Å². The van der Waals surface area contributed by atoms with E-state index >= 15 is 0 Å². The van der Waals surface area contributed by atoms with Gasteiger partial charge in [0.15, 0.2) is 6.61 Å². The van der Waals surface area contributed by atoms with Gasteiger partial charge in [0, 0.05) is 25.4 Å². The van der Waals surface area contributed by atoms with Crippen molar-refractivity contribution >= 4 is 17.5 Å². The average molecular weight is 308 g/mol. The highest BCUT2D eigenvalue weighted by molar-refractivity contribution is 6.32. The maximum absolute atomic E-state index is 11.6. The molecule has 1 N–H and O–H groups in total. The lowest BCUT2D eigenvalue weighted by Gasteiger charge is -2.09. The van der Waals surface area contributed by atoms with Gasteiger partial charge < -0.3 is 10.1 Å². The van der Waals surface area contributed by atoms with Gasteiger partial charge in [-0.05, 0) is 12.1 Å². The van der Waals surface area contributed by atoms with Gasteiger partial charge in [0.2, 0.25) is 0 Å². The lowest BCUT2D eigenvalue weighted by molar-refractivity contribution is -0.123. The minimum atomic E-state index is -0.285. The topological polar surface area (TPSA) is 73.2 Å². The Kier molecular flexibility index (Phi) is 5.34. The summed E-state index contributed by atoms with van der Waals surface area (Å²) in [6.45, 7) is 0.534. The number of para-hydroxylation sites is 1. The number of amides is 1. The first-order valence-corrected chi connectivity index (χ1v) is 6.69. The Balaban J connectivity index is 1.74. The third-order valence-corrected chi connectivity index (χ3v) is 2.97. The van der Waals surface area contributed by atoms with Crippen LogP contribution in [0.25, 0.3) is 0 Å². The molecule has 0 saturated carbocycles. The summed E-state index contributed by atoms with van der Waals surface area (Å²) in [6.07, 6.45) is 2.85. The van der Waals surface area contributed by atoms with Crippen LogP contribution >= 0.6 is 11.6 Å². The second-order valence-electron chi connectivity index (χ2n) is 4.18. The fourth-order valence-electron chi connectivity index (χ4n) is 1.62. The molecule has 2 aromatic rings. The van der Waals surface area contributed by atoms with E-state index in [1.807, 2.05) is 0 Å². The molecule has 110 valence electrons. The summed E-state index contributed by atoms with van der Waals surface area (Å²) < 4.78 is 6.71. The van der Waals surface area contributed by atoms with Gasteiger partial charge in [-0.3, -0.25) is 14.2 Å². The molecule has 0 fully saturated rings. The molecule has 0 radical (unpaired) electrons. The lowest BCUT2D eigenvalue weighted by Crippen LogP contribution is -2.33. The van der Waals surface area contributed by atoms with E-state index in [0.717, 1.165) is 0 Å². The highest BCUT2D eigenvalue weighted by atomic mass is 35.5. The number of nitrogens with one attached hydrogen (secondary N) is 1. The van der Waals surface area contributed by atoms with Crippen LogP contribution in [0, 0.1) is 0 Å². The van der Waals surface area contributed by atoms with Crippen LogP contribution in [0.2, 0.25) is 5.02 Å². The fraction of sp³-hybridized carbons (Fsp3) is 0.214. The zero-order chi connectivity index (χ0) is 15.1. The minimum absolute atomic E-state index is 0.133. The Hall–Kier alpha value is -2.34. The van der Waals surface area contributed by atoms with Crippen molar-refractivity contribution in [1.29, 1.82) is 0 Å². The van der Waals surface area contributed by atoms with E-state index in [-0.39, 0.29) is 18.1 Å². The van der Waals surface area contributed by atoms with Gasteiger partial charge in [0.1, 0.15) is 5.75 Å². The zero-order valence-electron chi connectivity index (χ0n) is 11.2. The Morgan fingerprint density at radius 3 is 2.90 bits per heavy atom. The van der Waals surface area contributed by atoms with Crippen LogP contribution in [0.3, 0.4) is 0 Å². The Labute approximate surface area is 126 Å². The molecule has 0 aliphatic carbocycles. The highest BCUT2D eigenvalue weighted by Crippen LogP contribution is 2.22. The SMILES string of the molecule is O=C(COc1ccccc1Cl)NCCn1cnccc1=O. The second-order valence-corrected chi connectivity index (χ2v) is 4.59. The summed E-state index contributed by atoms with van der Waals surface area (Å²) in [7, 11) is 0. The molecule has 0 aliphatic heterocycles. The second kappa shape index (κ2) is 7.44. The normalized spacial score (nSPS) is 10.1. The molecule has 1 heterocycles. The highest BCUT2D eigenvalue weighted by Gasteiger charge is 2.05. The molecule has 0 aliphatic rings. The first kappa shape index (κ1) is 15.1. The molecule has 6 nitrogen and oxygen atoms in total. The summed E-state index contributed by atoms with van der Waals surface area (Å²) in [5.41, 5.74) is -0.161. The number of nitrogens with zero attached hydrogens (tertiary/aromatic N) is 2. The zero-order valence-corrected chi connectivity index (χ0v) is 11.9. The van der Waals surface area contributed by atoms with Crippen molar-refractivity contribution < 1.29 is 9.53 Å². The van der Waals surface area contributed by atoms with E-state index in [9.17, 15) is 9.59 Å². The monoisotopic (exact) mass is 307 g/mol. The van der Waals surface area contributed by atoms with Crippen LogP contribution in [-0.2, 0) is 11.3 Å². The number of ether oxygens (including phenoxy) is 1. The molecule has 0 spiro atoms. The van der Waals surface area contributed by atoms with Crippen LogP contribution in [0.1, 0.15) is 0 Å². The Morgan fingerprint density at radius 2 is 2.14 bits per heavy atom. The van der Waals surface area contributed by atoms with Crippen molar-refractivity contribution in [2.24, 2.45) is 0 Å². The van der Waals surface area contributed by atoms with Crippen LogP contribution in [0.4, 0.5) is 0 Å². The Morgan fingerprint density at radius 1 is 1.33 bits per heavy atom. The van der Waals surface area contributed by atoms with Crippen LogP contribution in [0.15, 0.2) is 47.7 Å². The van der Waals surface area contributed by atoms with Gasteiger partial charge in [0.25, 0.3) is 11.5 Å². The van der Waals surface area contributed by atoms with Crippen LogP contribution < -0.4 is 15.6 Å². The van der Waals surface area contributed by atoms with Crippen molar-refractivity contribution in [1.82, 2.24) is 14.9 Å². The lowest BCUT2D eigenvalue weighted by atomic mass is 10.3. The molecular formula is C14H14ClN3O3. The number of halogens is 1. The minimum Gasteiger partial charge on any atom is -0.482 e. The number of hydrogen-bond acceptors (Lipinski definition) is 4. The largest absolute Gasteiger partial charge is 0.482 e. The van der Waals surface area contributed by atoms with Gasteiger partial charge >= 0.3 is 0 Å². The summed E-state index contributed by atoms with van der Waals surface area (Å²) in [5.74, 6) is 0.171. The Bertz CT molecular complexity index is 672. The van der Waals surface area contributed by atoms with E-state index in [1.165, 1.54) is 23.2 Å². The molecule has 0 unspecified atom stereocenters. The first-order chi connectivity index (χ1) is 10.2. The maximum Gasteiger partial charge on any atom is 0.258 e. The molecule has 1 amide bonds. The quantitative estimate of drug-likeness (QED) is 0.867. The van der Waals surface area contributed by atoms with Gasteiger partial charge in [-0.2, -0.15) is 0 Å². The summed E-state index contributed by atoms with van der Waals surface area (Å²) in [5, 5.41) is 3.10. The number of rotatable bonds is 6. The predicted octanol–water partition coefficient (Wildman–Crippen LogP) is 1.09. The van der Waals surface area contributed by atoms with Crippen molar-refractivity contribution in [3.05, 3.63) is 58.2 Å². The third-order valence-electron chi connectivity index (χ3n) is 2.66. The van der Waals surface area contributed by atoms with Gasteiger partial charge in [0.05, 0.1) is 11.3 Å². The van der Waals surface area contributed by atoms with E-state index in [2.05, 4.69) is 10.3 Å².